The predicted octanol–water partition coefficient (Wildman–Crippen LogP) is 2.58. The number of thioether (sulfide) groups is 1. The number of carbonyl (C=O) groups is 1. The average molecular weight is 277 g/mol. The summed E-state index contributed by atoms with van der Waals surface area (Å²) >= 11 is 1.32. The van der Waals surface area contributed by atoms with Crippen molar-refractivity contribution in [2.24, 2.45) is 0 Å². The highest BCUT2D eigenvalue weighted by molar-refractivity contribution is 8.00. The Morgan fingerprint density at radius 1 is 1.53 bits per heavy atom. The average Bonchev–Trinajstić information content (AvgIpc) is 2.36. The van der Waals surface area contributed by atoms with Crippen LogP contribution in [0.2, 0.25) is 0 Å². The molecule has 1 heterocycles. The topological polar surface area (TPSA) is 65.8 Å². The van der Waals surface area contributed by atoms with Crippen LogP contribution in [0.25, 0.3) is 0 Å². The fourth-order valence-corrected chi connectivity index (χ4v) is 2.56. The van der Waals surface area contributed by atoms with E-state index in [4.69, 9.17) is 5.26 Å². The molecule has 102 valence electrons. The number of pyridine rings is 1. The van der Waals surface area contributed by atoms with Gasteiger partial charge in [0.2, 0.25) is 5.91 Å². The van der Waals surface area contributed by atoms with Gasteiger partial charge in [0.15, 0.2) is 0 Å². The molecule has 0 saturated heterocycles. The summed E-state index contributed by atoms with van der Waals surface area (Å²) < 4.78 is 0. The number of amides is 1. The van der Waals surface area contributed by atoms with Crippen molar-refractivity contribution in [3.8, 4) is 6.07 Å². The second-order valence-corrected chi connectivity index (χ2v) is 5.33. The van der Waals surface area contributed by atoms with Crippen LogP contribution in [0.4, 0.5) is 0 Å². The monoisotopic (exact) mass is 277 g/mol. The number of aryl methyl sites for hydroxylation is 2. The third kappa shape index (κ3) is 4.92. The summed E-state index contributed by atoms with van der Waals surface area (Å²) in [5.41, 5.74) is 2.34. The van der Waals surface area contributed by atoms with Crippen molar-refractivity contribution in [3.05, 3.63) is 22.9 Å². The van der Waals surface area contributed by atoms with Gasteiger partial charge in [-0.1, -0.05) is 25.1 Å². The molecule has 0 spiro atoms. The van der Waals surface area contributed by atoms with Crippen LogP contribution in [-0.2, 0) is 4.79 Å². The molecule has 0 saturated carbocycles. The Kier molecular flexibility index (Phi) is 6.37. The lowest BCUT2D eigenvalue weighted by Gasteiger charge is -2.07. The van der Waals surface area contributed by atoms with Crippen LogP contribution >= 0.6 is 11.8 Å². The molecule has 5 heteroatoms. The largest absolute Gasteiger partial charge is 0.355 e. The zero-order chi connectivity index (χ0) is 14.3. The van der Waals surface area contributed by atoms with Crippen molar-refractivity contribution >= 4 is 17.7 Å². The van der Waals surface area contributed by atoms with Gasteiger partial charge in [0.25, 0.3) is 0 Å². The minimum absolute atomic E-state index is 0.0108. The smallest absolute Gasteiger partial charge is 0.230 e. The predicted molar refractivity (Wildman–Crippen MR) is 77.1 cm³/mol. The first-order valence-corrected chi connectivity index (χ1v) is 7.34. The molecular weight excluding hydrogens is 258 g/mol. The molecule has 0 aliphatic heterocycles. The number of nitriles is 1. The lowest BCUT2D eigenvalue weighted by Crippen LogP contribution is -2.26. The quantitative estimate of drug-likeness (QED) is 0.641. The van der Waals surface area contributed by atoms with Crippen LogP contribution in [0.5, 0.6) is 0 Å². The molecule has 19 heavy (non-hydrogen) atoms. The van der Waals surface area contributed by atoms with Gasteiger partial charge in [-0.25, -0.2) is 4.98 Å². The second kappa shape index (κ2) is 7.80. The number of aromatic nitrogens is 1. The van der Waals surface area contributed by atoms with Crippen LogP contribution in [0.15, 0.2) is 11.1 Å². The number of hydrogen-bond donors (Lipinski definition) is 1. The van der Waals surface area contributed by atoms with Gasteiger partial charge >= 0.3 is 0 Å². The maximum absolute atomic E-state index is 11.6. The standard InChI is InChI=1S/C14H19N3OS/c1-4-5-6-16-13(18)9-19-14-12(8-15)10(2)7-11(3)17-14/h7H,4-6,9H2,1-3H3,(H,16,18). The lowest BCUT2D eigenvalue weighted by atomic mass is 10.1. The van der Waals surface area contributed by atoms with E-state index in [0.29, 0.717) is 22.9 Å². The van der Waals surface area contributed by atoms with Crippen molar-refractivity contribution in [1.29, 1.82) is 5.26 Å². The highest BCUT2D eigenvalue weighted by Gasteiger charge is 2.11. The number of nitrogens with zero attached hydrogens (tertiary/aromatic N) is 2. The number of carbonyl (C=O) groups excluding carboxylic acids is 1. The number of rotatable bonds is 6. The van der Waals surface area contributed by atoms with E-state index in [1.807, 2.05) is 19.9 Å². The van der Waals surface area contributed by atoms with Crippen molar-refractivity contribution in [2.45, 2.75) is 38.6 Å². The Balaban J connectivity index is 2.63. The fraction of sp³-hybridized carbons (Fsp3) is 0.500. The summed E-state index contributed by atoms with van der Waals surface area (Å²) in [4.78, 5) is 16.0. The molecular formula is C14H19N3OS. The molecule has 0 aromatic carbocycles. The zero-order valence-corrected chi connectivity index (χ0v) is 12.4. The Bertz CT molecular complexity index is 494. The van der Waals surface area contributed by atoms with Gasteiger partial charge in [-0.15, -0.1) is 0 Å². The van der Waals surface area contributed by atoms with Crippen molar-refractivity contribution in [2.75, 3.05) is 12.3 Å². The lowest BCUT2D eigenvalue weighted by molar-refractivity contribution is -0.118. The van der Waals surface area contributed by atoms with E-state index in [2.05, 4.69) is 23.3 Å². The number of unbranched alkanes of at least 4 members (excludes halogenated alkanes) is 1. The summed E-state index contributed by atoms with van der Waals surface area (Å²) in [6.45, 7) is 6.57. The molecule has 0 unspecified atom stereocenters. The summed E-state index contributed by atoms with van der Waals surface area (Å²) in [5, 5.41) is 12.6. The van der Waals surface area contributed by atoms with Crippen LogP contribution < -0.4 is 5.32 Å². The minimum atomic E-state index is -0.0108. The molecule has 1 N–H and O–H groups in total. The second-order valence-electron chi connectivity index (χ2n) is 4.36. The summed E-state index contributed by atoms with van der Waals surface area (Å²) in [6.07, 6.45) is 2.05. The van der Waals surface area contributed by atoms with Crippen LogP contribution in [0.3, 0.4) is 0 Å². The van der Waals surface area contributed by atoms with Crippen LogP contribution in [-0.4, -0.2) is 23.2 Å². The molecule has 1 amide bonds. The minimum Gasteiger partial charge on any atom is -0.355 e. The van der Waals surface area contributed by atoms with Crippen molar-refractivity contribution in [1.82, 2.24) is 10.3 Å². The molecule has 1 aromatic heterocycles. The maximum Gasteiger partial charge on any atom is 0.230 e. The molecule has 4 nitrogen and oxygen atoms in total. The van der Waals surface area contributed by atoms with Gasteiger partial charge in [-0.3, -0.25) is 4.79 Å². The molecule has 1 aromatic rings. The fourth-order valence-electron chi connectivity index (χ4n) is 1.63. The molecule has 0 aliphatic rings. The van der Waals surface area contributed by atoms with Gasteiger partial charge in [0.05, 0.1) is 11.3 Å². The zero-order valence-electron chi connectivity index (χ0n) is 11.6. The van der Waals surface area contributed by atoms with E-state index in [1.165, 1.54) is 11.8 Å². The first kappa shape index (κ1) is 15.5. The summed E-state index contributed by atoms with van der Waals surface area (Å²) in [6, 6.07) is 4.03. The Labute approximate surface area is 118 Å². The van der Waals surface area contributed by atoms with Gasteiger partial charge in [-0.05, 0) is 31.9 Å². The molecule has 0 atom stereocenters. The number of hydrogen-bond acceptors (Lipinski definition) is 4. The Morgan fingerprint density at radius 2 is 2.26 bits per heavy atom. The highest BCUT2D eigenvalue weighted by atomic mass is 32.2. The van der Waals surface area contributed by atoms with Gasteiger partial charge in [0, 0.05) is 12.2 Å². The number of nitrogens with one attached hydrogen (secondary N) is 1. The summed E-state index contributed by atoms with van der Waals surface area (Å²) in [7, 11) is 0. The Morgan fingerprint density at radius 3 is 2.89 bits per heavy atom. The van der Waals surface area contributed by atoms with E-state index < -0.39 is 0 Å². The van der Waals surface area contributed by atoms with E-state index in [9.17, 15) is 4.79 Å². The van der Waals surface area contributed by atoms with E-state index in [1.54, 1.807) is 0 Å². The maximum atomic E-state index is 11.6. The SMILES string of the molecule is CCCCNC(=O)CSc1nc(C)cc(C)c1C#N. The molecule has 0 aliphatic carbocycles. The molecule has 0 bridgehead atoms. The molecule has 0 fully saturated rings. The van der Waals surface area contributed by atoms with Crippen LogP contribution in [0, 0.1) is 25.2 Å². The highest BCUT2D eigenvalue weighted by Crippen LogP contribution is 2.23. The van der Waals surface area contributed by atoms with Crippen molar-refractivity contribution in [3.63, 3.8) is 0 Å². The third-order valence-electron chi connectivity index (χ3n) is 2.62. The van der Waals surface area contributed by atoms with Gasteiger partial charge < -0.3 is 5.32 Å². The normalized spacial score (nSPS) is 10.0. The van der Waals surface area contributed by atoms with E-state index >= 15 is 0 Å². The first-order valence-electron chi connectivity index (χ1n) is 6.36. The van der Waals surface area contributed by atoms with E-state index in [0.717, 1.165) is 24.1 Å². The summed E-state index contributed by atoms with van der Waals surface area (Å²) in [5.74, 6) is 0.289. The van der Waals surface area contributed by atoms with E-state index in [-0.39, 0.29) is 5.91 Å². The Hall–Kier alpha value is -1.54. The van der Waals surface area contributed by atoms with Crippen molar-refractivity contribution < 1.29 is 4.79 Å². The molecule has 1 rings (SSSR count). The first-order chi connectivity index (χ1) is 9.08. The molecule has 0 radical (unpaired) electrons. The van der Waals surface area contributed by atoms with Gasteiger partial charge in [0.1, 0.15) is 11.1 Å². The van der Waals surface area contributed by atoms with Crippen LogP contribution in [0.1, 0.15) is 36.6 Å². The third-order valence-corrected chi connectivity index (χ3v) is 3.59. The van der Waals surface area contributed by atoms with Gasteiger partial charge in [-0.2, -0.15) is 5.26 Å².